The van der Waals surface area contributed by atoms with Gasteiger partial charge >= 0.3 is 0 Å². The van der Waals surface area contributed by atoms with Crippen LogP contribution in [-0.2, 0) is 5.41 Å². The quantitative estimate of drug-likeness (QED) is 0.446. The number of hydrogen-bond donors (Lipinski definition) is 0. The van der Waals surface area contributed by atoms with Crippen molar-refractivity contribution in [1.82, 2.24) is 0 Å². The van der Waals surface area contributed by atoms with Crippen LogP contribution in [0.5, 0.6) is 0 Å². The standard InChI is InChI=1S/C22H28/c1-7-8-10-13-17(2)22(20-14-11-9-12-15-20)16-21(5,6)18(3)19(22)4/h7-15H,1,16H2,2-6H3. The average molecular weight is 292 g/mol. The van der Waals surface area contributed by atoms with Gasteiger partial charge in [-0.25, -0.2) is 0 Å². The molecule has 0 fully saturated rings. The summed E-state index contributed by atoms with van der Waals surface area (Å²) in [6, 6.07) is 10.9. The molecule has 1 unspecified atom stereocenters. The van der Waals surface area contributed by atoms with E-state index in [0.29, 0.717) is 0 Å². The Morgan fingerprint density at radius 3 is 2.18 bits per heavy atom. The minimum atomic E-state index is 0.0142. The molecule has 0 aliphatic heterocycles. The molecule has 0 nitrogen and oxygen atoms in total. The number of rotatable bonds is 4. The van der Waals surface area contributed by atoms with Crippen molar-refractivity contribution in [2.75, 3.05) is 0 Å². The number of benzene rings is 1. The van der Waals surface area contributed by atoms with Crippen LogP contribution in [0.15, 0.2) is 77.9 Å². The molecule has 1 aliphatic rings. The van der Waals surface area contributed by atoms with Gasteiger partial charge < -0.3 is 0 Å². The summed E-state index contributed by atoms with van der Waals surface area (Å²) < 4.78 is 0. The maximum atomic E-state index is 3.76. The predicted octanol–water partition coefficient (Wildman–Crippen LogP) is 6.38. The molecule has 22 heavy (non-hydrogen) atoms. The maximum absolute atomic E-state index is 3.76. The van der Waals surface area contributed by atoms with Crippen LogP contribution in [0.1, 0.15) is 46.6 Å². The fourth-order valence-electron chi connectivity index (χ4n) is 3.88. The molecule has 0 saturated heterocycles. The zero-order chi connectivity index (χ0) is 16.4. The van der Waals surface area contributed by atoms with Gasteiger partial charge in [-0.15, -0.1) is 0 Å². The van der Waals surface area contributed by atoms with E-state index in [-0.39, 0.29) is 10.8 Å². The summed E-state index contributed by atoms with van der Waals surface area (Å²) in [4.78, 5) is 0. The van der Waals surface area contributed by atoms with Crippen molar-refractivity contribution in [2.24, 2.45) is 5.41 Å². The van der Waals surface area contributed by atoms with E-state index in [1.165, 1.54) is 22.3 Å². The van der Waals surface area contributed by atoms with E-state index in [1.54, 1.807) is 0 Å². The van der Waals surface area contributed by atoms with E-state index in [2.05, 4.69) is 83.7 Å². The van der Waals surface area contributed by atoms with Gasteiger partial charge in [-0.1, -0.05) is 91.8 Å². The minimum absolute atomic E-state index is 0.0142. The van der Waals surface area contributed by atoms with Gasteiger partial charge in [0.05, 0.1) is 0 Å². The molecule has 0 N–H and O–H groups in total. The Kier molecular flexibility index (Phi) is 4.60. The van der Waals surface area contributed by atoms with E-state index >= 15 is 0 Å². The van der Waals surface area contributed by atoms with Crippen LogP contribution in [0.25, 0.3) is 0 Å². The fourth-order valence-corrected chi connectivity index (χ4v) is 3.88. The van der Waals surface area contributed by atoms with Gasteiger partial charge in [0.15, 0.2) is 0 Å². The second kappa shape index (κ2) is 6.12. The molecule has 0 saturated carbocycles. The van der Waals surface area contributed by atoms with Crippen molar-refractivity contribution in [3.63, 3.8) is 0 Å². The summed E-state index contributed by atoms with van der Waals surface area (Å²) in [6.07, 6.45) is 9.29. The zero-order valence-electron chi connectivity index (χ0n) is 14.6. The first kappa shape index (κ1) is 16.5. The molecule has 1 aliphatic carbocycles. The van der Waals surface area contributed by atoms with Crippen LogP contribution < -0.4 is 0 Å². The highest BCUT2D eigenvalue weighted by atomic mass is 14.5. The summed E-state index contributed by atoms with van der Waals surface area (Å²) in [5.74, 6) is 0. The van der Waals surface area contributed by atoms with Crippen LogP contribution in [0.2, 0.25) is 0 Å². The summed E-state index contributed by atoms with van der Waals surface area (Å²) in [6.45, 7) is 15.4. The lowest BCUT2D eigenvalue weighted by molar-refractivity contribution is 0.378. The van der Waals surface area contributed by atoms with Crippen LogP contribution in [0.4, 0.5) is 0 Å². The first-order valence-electron chi connectivity index (χ1n) is 8.06. The molecule has 0 heterocycles. The Labute approximate surface area is 136 Å². The molecular weight excluding hydrogens is 264 g/mol. The summed E-state index contributed by atoms with van der Waals surface area (Å²) in [5, 5.41) is 0. The molecule has 0 spiro atoms. The molecule has 116 valence electrons. The predicted molar refractivity (Wildman–Crippen MR) is 98.0 cm³/mol. The van der Waals surface area contributed by atoms with Crippen molar-refractivity contribution in [2.45, 2.75) is 46.5 Å². The molecular formula is C22H28. The third kappa shape index (κ3) is 2.63. The van der Waals surface area contributed by atoms with E-state index < -0.39 is 0 Å². The Morgan fingerprint density at radius 1 is 1.05 bits per heavy atom. The first-order valence-corrected chi connectivity index (χ1v) is 8.06. The minimum Gasteiger partial charge on any atom is -0.0991 e. The molecule has 1 aromatic carbocycles. The smallest absolute Gasteiger partial charge is 0.0379 e. The molecule has 2 rings (SSSR count). The lowest BCUT2D eigenvalue weighted by Crippen LogP contribution is -2.28. The Bertz CT molecular complexity index is 638. The van der Waals surface area contributed by atoms with Gasteiger partial charge in [-0.2, -0.15) is 0 Å². The second-order valence-electron chi connectivity index (χ2n) is 7.05. The average Bonchev–Trinajstić information content (AvgIpc) is 2.69. The molecule has 0 bridgehead atoms. The van der Waals surface area contributed by atoms with Gasteiger partial charge in [-0.3, -0.25) is 0 Å². The lowest BCUT2D eigenvalue weighted by atomic mass is 9.67. The topological polar surface area (TPSA) is 0 Å². The largest absolute Gasteiger partial charge is 0.0991 e. The normalized spacial score (nSPS) is 25.0. The number of allylic oxidation sites excluding steroid dienone is 7. The first-order chi connectivity index (χ1) is 10.4. The van der Waals surface area contributed by atoms with Gasteiger partial charge in [-0.05, 0) is 38.2 Å². The lowest BCUT2D eigenvalue weighted by Gasteiger charge is -2.35. The third-order valence-corrected chi connectivity index (χ3v) is 5.46. The summed E-state index contributed by atoms with van der Waals surface area (Å²) >= 11 is 0. The monoisotopic (exact) mass is 292 g/mol. The molecule has 0 heteroatoms. The number of hydrogen-bond acceptors (Lipinski definition) is 0. The second-order valence-corrected chi connectivity index (χ2v) is 7.05. The van der Waals surface area contributed by atoms with Gasteiger partial charge in [0, 0.05) is 5.41 Å². The highest BCUT2D eigenvalue weighted by molar-refractivity contribution is 5.53. The summed E-state index contributed by atoms with van der Waals surface area (Å²) in [7, 11) is 0. The molecule has 0 amide bonds. The highest BCUT2D eigenvalue weighted by Gasteiger charge is 2.47. The molecule has 1 atom stereocenters. The van der Waals surface area contributed by atoms with Gasteiger partial charge in [0.2, 0.25) is 0 Å². The zero-order valence-corrected chi connectivity index (χ0v) is 14.6. The third-order valence-electron chi connectivity index (χ3n) is 5.46. The Balaban J connectivity index is 2.66. The van der Waals surface area contributed by atoms with Crippen LogP contribution in [0, 0.1) is 5.41 Å². The molecule has 0 aromatic heterocycles. The van der Waals surface area contributed by atoms with E-state index in [1.807, 2.05) is 12.2 Å². The highest BCUT2D eigenvalue weighted by Crippen LogP contribution is 2.57. The summed E-state index contributed by atoms with van der Waals surface area (Å²) in [5.41, 5.74) is 6.08. The van der Waals surface area contributed by atoms with Crippen molar-refractivity contribution in [3.05, 3.63) is 83.5 Å². The SMILES string of the molecule is C=CC=CC=C(C)C1(c2ccccc2)CC(C)(C)C(C)=C1C. The molecule has 1 aromatic rings. The van der Waals surface area contributed by atoms with E-state index in [0.717, 1.165) is 6.42 Å². The van der Waals surface area contributed by atoms with Crippen molar-refractivity contribution in [1.29, 1.82) is 0 Å². The van der Waals surface area contributed by atoms with Crippen molar-refractivity contribution >= 4 is 0 Å². The van der Waals surface area contributed by atoms with Crippen LogP contribution in [-0.4, -0.2) is 0 Å². The van der Waals surface area contributed by atoms with E-state index in [9.17, 15) is 0 Å². The van der Waals surface area contributed by atoms with Crippen molar-refractivity contribution < 1.29 is 0 Å². The maximum Gasteiger partial charge on any atom is 0.0379 e. The van der Waals surface area contributed by atoms with Crippen molar-refractivity contribution in [3.8, 4) is 0 Å². The Morgan fingerprint density at radius 2 is 1.68 bits per heavy atom. The van der Waals surface area contributed by atoms with Crippen LogP contribution in [0.3, 0.4) is 0 Å². The van der Waals surface area contributed by atoms with Crippen LogP contribution >= 0.6 is 0 Å². The van der Waals surface area contributed by atoms with E-state index in [4.69, 9.17) is 0 Å². The van der Waals surface area contributed by atoms with Gasteiger partial charge in [0.1, 0.15) is 0 Å². The molecule has 0 radical (unpaired) electrons. The van der Waals surface area contributed by atoms with Gasteiger partial charge in [0.25, 0.3) is 0 Å². The Hall–Kier alpha value is -1.82. The fraction of sp³-hybridized carbons (Fsp3) is 0.364.